The van der Waals surface area contributed by atoms with Gasteiger partial charge in [0.15, 0.2) is 0 Å². The summed E-state index contributed by atoms with van der Waals surface area (Å²) in [6.45, 7) is 11.8. The molecule has 0 aromatic carbocycles. The predicted molar refractivity (Wildman–Crippen MR) is 69.9 cm³/mol. The highest BCUT2D eigenvalue weighted by Gasteiger charge is 2.23. The first kappa shape index (κ1) is 14.9. The van der Waals surface area contributed by atoms with Crippen LogP contribution in [0, 0.1) is 5.41 Å². The molecule has 1 fully saturated rings. The molecule has 0 aromatic rings. The van der Waals surface area contributed by atoms with Gasteiger partial charge in [-0.2, -0.15) is 0 Å². The van der Waals surface area contributed by atoms with Gasteiger partial charge in [0.05, 0.1) is 12.7 Å². The number of ether oxygens (including phenoxy) is 2. The molecule has 0 saturated carbocycles. The maximum absolute atomic E-state index is 5.81. The third-order valence-electron chi connectivity index (χ3n) is 3.18. The zero-order valence-corrected chi connectivity index (χ0v) is 11.6. The largest absolute Gasteiger partial charge is 0.355 e. The Bertz CT molecular complexity index is 204. The molecular weight excluding hydrogens is 216 g/mol. The zero-order valence-electron chi connectivity index (χ0n) is 11.6. The molecule has 17 heavy (non-hydrogen) atoms. The van der Waals surface area contributed by atoms with E-state index in [4.69, 9.17) is 15.2 Å². The molecule has 1 aliphatic rings. The van der Waals surface area contributed by atoms with Gasteiger partial charge in [0.25, 0.3) is 0 Å². The molecule has 1 saturated heterocycles. The van der Waals surface area contributed by atoms with Crippen LogP contribution in [0.1, 0.15) is 33.6 Å². The fourth-order valence-electron chi connectivity index (χ4n) is 2.15. The second-order valence-corrected chi connectivity index (χ2v) is 5.71. The third-order valence-corrected chi connectivity index (χ3v) is 3.18. The van der Waals surface area contributed by atoms with Crippen LogP contribution in [0.3, 0.4) is 0 Å². The van der Waals surface area contributed by atoms with Gasteiger partial charge < -0.3 is 20.1 Å². The first-order chi connectivity index (χ1) is 8.07. The van der Waals surface area contributed by atoms with E-state index in [2.05, 4.69) is 25.7 Å². The van der Waals surface area contributed by atoms with Crippen molar-refractivity contribution in [3.05, 3.63) is 0 Å². The summed E-state index contributed by atoms with van der Waals surface area (Å²) in [4.78, 5) is 2.48. The Balaban J connectivity index is 2.41. The SMILES string of the molecule is CCCN(CC1CCOCO1)CC(C)(C)CN. The van der Waals surface area contributed by atoms with Crippen molar-refractivity contribution >= 4 is 0 Å². The molecule has 0 bridgehead atoms. The summed E-state index contributed by atoms with van der Waals surface area (Å²) in [7, 11) is 0. The highest BCUT2D eigenvalue weighted by molar-refractivity contribution is 4.77. The van der Waals surface area contributed by atoms with E-state index in [0.29, 0.717) is 12.9 Å². The zero-order chi connectivity index (χ0) is 12.7. The molecule has 4 heteroatoms. The fraction of sp³-hybridized carbons (Fsp3) is 1.00. The second kappa shape index (κ2) is 7.31. The van der Waals surface area contributed by atoms with Crippen LogP contribution in [-0.4, -0.2) is 50.6 Å². The van der Waals surface area contributed by atoms with E-state index >= 15 is 0 Å². The van der Waals surface area contributed by atoms with E-state index < -0.39 is 0 Å². The lowest BCUT2D eigenvalue weighted by Gasteiger charge is -2.35. The van der Waals surface area contributed by atoms with E-state index in [1.165, 1.54) is 6.42 Å². The molecule has 0 aliphatic carbocycles. The molecule has 1 rings (SSSR count). The smallest absolute Gasteiger partial charge is 0.147 e. The van der Waals surface area contributed by atoms with Crippen LogP contribution in [0.5, 0.6) is 0 Å². The van der Waals surface area contributed by atoms with Crippen molar-refractivity contribution in [2.24, 2.45) is 11.1 Å². The highest BCUT2D eigenvalue weighted by Crippen LogP contribution is 2.17. The lowest BCUT2D eigenvalue weighted by Crippen LogP contribution is -2.44. The highest BCUT2D eigenvalue weighted by atomic mass is 16.7. The van der Waals surface area contributed by atoms with Crippen molar-refractivity contribution < 1.29 is 9.47 Å². The molecule has 0 spiro atoms. The normalized spacial score (nSPS) is 22.1. The summed E-state index contributed by atoms with van der Waals surface area (Å²) in [5.74, 6) is 0. The van der Waals surface area contributed by atoms with Crippen LogP contribution < -0.4 is 5.73 Å². The lowest BCUT2D eigenvalue weighted by atomic mass is 9.93. The van der Waals surface area contributed by atoms with Crippen molar-refractivity contribution in [1.82, 2.24) is 4.90 Å². The molecule has 0 amide bonds. The molecule has 1 atom stereocenters. The number of hydrogen-bond donors (Lipinski definition) is 1. The number of hydrogen-bond acceptors (Lipinski definition) is 4. The summed E-state index contributed by atoms with van der Waals surface area (Å²) < 4.78 is 10.8. The number of rotatable bonds is 7. The van der Waals surface area contributed by atoms with Crippen molar-refractivity contribution in [3.63, 3.8) is 0 Å². The average Bonchev–Trinajstić information content (AvgIpc) is 2.30. The Morgan fingerprint density at radius 3 is 2.71 bits per heavy atom. The monoisotopic (exact) mass is 244 g/mol. The Morgan fingerprint density at radius 2 is 2.18 bits per heavy atom. The van der Waals surface area contributed by atoms with E-state index in [0.717, 1.165) is 39.2 Å². The molecule has 1 aliphatic heterocycles. The van der Waals surface area contributed by atoms with Crippen LogP contribution in [0.25, 0.3) is 0 Å². The van der Waals surface area contributed by atoms with Gasteiger partial charge >= 0.3 is 0 Å². The maximum Gasteiger partial charge on any atom is 0.147 e. The molecule has 1 unspecified atom stereocenters. The Morgan fingerprint density at radius 1 is 1.41 bits per heavy atom. The molecule has 0 aromatic heterocycles. The first-order valence-corrected chi connectivity index (χ1v) is 6.69. The van der Waals surface area contributed by atoms with Crippen molar-refractivity contribution in [1.29, 1.82) is 0 Å². The molecular formula is C13H28N2O2. The summed E-state index contributed by atoms with van der Waals surface area (Å²) in [5, 5.41) is 0. The van der Waals surface area contributed by atoms with Crippen molar-refractivity contribution in [2.75, 3.05) is 39.6 Å². The summed E-state index contributed by atoms with van der Waals surface area (Å²) in [5.41, 5.74) is 5.99. The minimum Gasteiger partial charge on any atom is -0.355 e. The van der Waals surface area contributed by atoms with Crippen molar-refractivity contribution in [2.45, 2.75) is 39.7 Å². The van der Waals surface area contributed by atoms with E-state index in [1.807, 2.05) is 0 Å². The standard InChI is InChI=1S/C13H28N2O2/c1-4-6-15(10-13(2,3)9-14)8-12-5-7-16-11-17-12/h12H,4-11,14H2,1-3H3. The third kappa shape index (κ3) is 5.82. The first-order valence-electron chi connectivity index (χ1n) is 6.69. The van der Waals surface area contributed by atoms with E-state index in [9.17, 15) is 0 Å². The summed E-state index contributed by atoms with van der Waals surface area (Å²) >= 11 is 0. The van der Waals surface area contributed by atoms with Gasteiger partial charge in [-0.3, -0.25) is 0 Å². The van der Waals surface area contributed by atoms with Crippen LogP contribution in [0.2, 0.25) is 0 Å². The average molecular weight is 244 g/mol. The predicted octanol–water partition coefficient (Wildman–Crippen LogP) is 1.45. The van der Waals surface area contributed by atoms with Gasteiger partial charge in [-0.15, -0.1) is 0 Å². The van der Waals surface area contributed by atoms with Gasteiger partial charge in [0.1, 0.15) is 6.79 Å². The van der Waals surface area contributed by atoms with Crippen LogP contribution in [0.15, 0.2) is 0 Å². The van der Waals surface area contributed by atoms with Gasteiger partial charge in [-0.05, 0) is 31.3 Å². The minimum absolute atomic E-state index is 0.181. The summed E-state index contributed by atoms with van der Waals surface area (Å²) in [6, 6.07) is 0. The Labute approximate surface area is 105 Å². The Kier molecular flexibility index (Phi) is 6.41. The van der Waals surface area contributed by atoms with E-state index in [-0.39, 0.29) is 5.41 Å². The molecule has 102 valence electrons. The molecule has 4 nitrogen and oxygen atoms in total. The van der Waals surface area contributed by atoms with Crippen molar-refractivity contribution in [3.8, 4) is 0 Å². The topological polar surface area (TPSA) is 47.7 Å². The molecule has 0 radical (unpaired) electrons. The number of nitrogens with two attached hydrogens (primary N) is 1. The maximum atomic E-state index is 5.81. The fourth-order valence-corrected chi connectivity index (χ4v) is 2.15. The van der Waals surface area contributed by atoms with Crippen LogP contribution in [-0.2, 0) is 9.47 Å². The Hall–Kier alpha value is -0.160. The second-order valence-electron chi connectivity index (χ2n) is 5.71. The minimum atomic E-state index is 0.181. The summed E-state index contributed by atoms with van der Waals surface area (Å²) in [6.07, 6.45) is 2.50. The number of nitrogens with zero attached hydrogens (tertiary/aromatic N) is 1. The molecule has 2 N–H and O–H groups in total. The van der Waals surface area contributed by atoms with Gasteiger partial charge in [-0.1, -0.05) is 20.8 Å². The van der Waals surface area contributed by atoms with Crippen LogP contribution in [0.4, 0.5) is 0 Å². The lowest BCUT2D eigenvalue weighted by molar-refractivity contribution is -0.145. The van der Waals surface area contributed by atoms with E-state index in [1.54, 1.807) is 0 Å². The quantitative estimate of drug-likeness (QED) is 0.736. The van der Waals surface area contributed by atoms with Gasteiger partial charge in [0, 0.05) is 13.1 Å². The van der Waals surface area contributed by atoms with Gasteiger partial charge in [-0.25, -0.2) is 0 Å². The molecule has 1 heterocycles. The van der Waals surface area contributed by atoms with Crippen LogP contribution >= 0.6 is 0 Å². The van der Waals surface area contributed by atoms with Gasteiger partial charge in [0.2, 0.25) is 0 Å².